The van der Waals surface area contributed by atoms with Gasteiger partial charge in [-0.25, -0.2) is 5.43 Å². The number of nitrogens with one attached hydrogen (secondary N) is 2. The summed E-state index contributed by atoms with van der Waals surface area (Å²) < 4.78 is 0. The summed E-state index contributed by atoms with van der Waals surface area (Å²) in [7, 11) is 0. The van der Waals surface area contributed by atoms with Crippen molar-refractivity contribution in [1.82, 2.24) is 10.9 Å². The van der Waals surface area contributed by atoms with Crippen LogP contribution >= 0.6 is 0 Å². The van der Waals surface area contributed by atoms with Crippen LogP contribution in [0.25, 0.3) is 0 Å². The maximum atomic E-state index is 11.8. The fourth-order valence-electron chi connectivity index (χ4n) is 1.54. The molecule has 0 spiro atoms. The summed E-state index contributed by atoms with van der Waals surface area (Å²) >= 11 is 0. The molecule has 0 fully saturated rings. The van der Waals surface area contributed by atoms with Crippen LogP contribution in [0.2, 0.25) is 0 Å². The minimum atomic E-state index is -0.531. The predicted octanol–water partition coefficient (Wildman–Crippen LogP) is 1.91. The smallest absolute Gasteiger partial charge is 0.269 e. The molecule has 1 amide bonds. The first-order valence-electron chi connectivity index (χ1n) is 6.28. The minimum Gasteiger partial charge on any atom is -0.286 e. The number of nitriles is 1. The normalized spacial score (nSPS) is 11.4. The molecule has 106 valence electrons. The summed E-state index contributed by atoms with van der Waals surface area (Å²) in [5.41, 5.74) is 5.28. The fraction of sp³-hybridized carbons (Fsp3) is 0.385. The van der Waals surface area contributed by atoms with E-state index in [2.05, 4.69) is 16.9 Å². The summed E-state index contributed by atoms with van der Waals surface area (Å²) in [5.74, 6) is -0.434. The van der Waals surface area contributed by atoms with E-state index >= 15 is 0 Å². The van der Waals surface area contributed by atoms with Crippen molar-refractivity contribution in [2.24, 2.45) is 0 Å². The van der Waals surface area contributed by atoms with E-state index in [1.165, 1.54) is 24.3 Å². The van der Waals surface area contributed by atoms with Crippen molar-refractivity contribution in [1.29, 1.82) is 5.26 Å². The first-order chi connectivity index (χ1) is 9.58. The Morgan fingerprint density at radius 1 is 1.45 bits per heavy atom. The Hall–Kier alpha value is -2.46. The van der Waals surface area contributed by atoms with Gasteiger partial charge in [-0.05, 0) is 18.6 Å². The van der Waals surface area contributed by atoms with E-state index in [-0.39, 0.29) is 11.3 Å². The number of nitro benzene ring substituents is 1. The largest absolute Gasteiger partial charge is 0.286 e. The van der Waals surface area contributed by atoms with Crippen molar-refractivity contribution in [2.45, 2.75) is 32.2 Å². The third-order valence-electron chi connectivity index (χ3n) is 2.70. The maximum absolute atomic E-state index is 11.8. The third-order valence-corrected chi connectivity index (χ3v) is 2.70. The zero-order chi connectivity index (χ0) is 15.0. The Morgan fingerprint density at radius 3 is 2.60 bits per heavy atom. The first kappa shape index (κ1) is 15.6. The highest BCUT2D eigenvalue weighted by atomic mass is 16.6. The lowest BCUT2D eigenvalue weighted by molar-refractivity contribution is -0.384. The van der Waals surface area contributed by atoms with Gasteiger partial charge in [-0.1, -0.05) is 19.8 Å². The number of carbonyl (C=O) groups is 1. The van der Waals surface area contributed by atoms with Crippen molar-refractivity contribution in [3.63, 3.8) is 0 Å². The number of nitrogens with zero attached hydrogens (tertiary/aromatic N) is 2. The minimum absolute atomic E-state index is 0.0765. The van der Waals surface area contributed by atoms with Crippen molar-refractivity contribution < 1.29 is 9.72 Å². The highest BCUT2D eigenvalue weighted by Crippen LogP contribution is 2.11. The average Bonchev–Trinajstić information content (AvgIpc) is 2.47. The van der Waals surface area contributed by atoms with Crippen molar-refractivity contribution >= 4 is 11.6 Å². The Labute approximate surface area is 116 Å². The Balaban J connectivity index is 2.54. The van der Waals surface area contributed by atoms with Crippen LogP contribution < -0.4 is 10.9 Å². The second-order valence-electron chi connectivity index (χ2n) is 4.23. The molecular formula is C13H16N4O3. The Morgan fingerprint density at radius 2 is 2.10 bits per heavy atom. The summed E-state index contributed by atoms with van der Waals surface area (Å²) in [4.78, 5) is 21.7. The lowest BCUT2D eigenvalue weighted by Crippen LogP contribution is -2.43. The number of non-ortho nitro benzene ring substituents is 1. The number of amides is 1. The fourth-order valence-corrected chi connectivity index (χ4v) is 1.54. The summed E-state index contributed by atoms with van der Waals surface area (Å²) in [6.45, 7) is 2.02. The Bertz CT molecular complexity index is 507. The van der Waals surface area contributed by atoms with E-state index in [4.69, 9.17) is 5.26 Å². The van der Waals surface area contributed by atoms with Crippen molar-refractivity contribution in [2.75, 3.05) is 0 Å². The molecule has 0 saturated carbocycles. The van der Waals surface area contributed by atoms with Gasteiger partial charge in [0, 0.05) is 17.7 Å². The van der Waals surface area contributed by atoms with Crippen LogP contribution in [0.15, 0.2) is 24.3 Å². The zero-order valence-corrected chi connectivity index (χ0v) is 11.1. The van der Waals surface area contributed by atoms with Gasteiger partial charge in [0.2, 0.25) is 0 Å². The quantitative estimate of drug-likeness (QED) is 0.584. The molecule has 1 aromatic carbocycles. The van der Waals surface area contributed by atoms with Crippen LogP contribution in [0, 0.1) is 21.4 Å². The molecule has 0 heterocycles. The van der Waals surface area contributed by atoms with Gasteiger partial charge in [0.15, 0.2) is 0 Å². The van der Waals surface area contributed by atoms with Crippen LogP contribution in [0.3, 0.4) is 0 Å². The van der Waals surface area contributed by atoms with Gasteiger partial charge in [0.1, 0.15) is 6.04 Å². The SMILES string of the molecule is CCCC[C@H](C#N)NNC(=O)c1ccc([N+](=O)[O-])cc1. The molecule has 0 unspecified atom stereocenters. The van der Waals surface area contributed by atoms with Crippen molar-refractivity contribution in [3.8, 4) is 6.07 Å². The highest BCUT2D eigenvalue weighted by Gasteiger charge is 2.11. The number of carbonyl (C=O) groups excluding carboxylic acids is 1. The van der Waals surface area contributed by atoms with Gasteiger partial charge in [-0.3, -0.25) is 20.3 Å². The average molecular weight is 276 g/mol. The third kappa shape index (κ3) is 4.66. The number of rotatable bonds is 7. The molecule has 1 rings (SSSR count). The predicted molar refractivity (Wildman–Crippen MR) is 72.6 cm³/mol. The number of hydrogen-bond donors (Lipinski definition) is 2. The summed E-state index contributed by atoms with van der Waals surface area (Å²) in [6, 6.07) is 6.85. The highest BCUT2D eigenvalue weighted by molar-refractivity contribution is 5.94. The number of hydrazine groups is 1. The molecule has 0 aliphatic heterocycles. The van der Waals surface area contributed by atoms with E-state index < -0.39 is 16.9 Å². The second kappa shape index (κ2) is 7.86. The standard InChI is InChI=1S/C13H16N4O3/c1-2-3-4-11(9-14)15-16-13(18)10-5-7-12(8-6-10)17(19)20/h5-8,11,15H,2-4H2,1H3,(H,16,18)/t11-/m1/s1. The van der Waals surface area contributed by atoms with Gasteiger partial charge in [-0.2, -0.15) is 5.26 Å². The lowest BCUT2D eigenvalue weighted by Gasteiger charge is -2.12. The van der Waals surface area contributed by atoms with Gasteiger partial charge in [-0.15, -0.1) is 0 Å². The molecule has 0 saturated heterocycles. The number of hydrogen-bond acceptors (Lipinski definition) is 5. The zero-order valence-electron chi connectivity index (χ0n) is 11.1. The molecule has 0 aliphatic rings. The molecule has 0 bridgehead atoms. The van der Waals surface area contributed by atoms with Crippen LogP contribution in [0.4, 0.5) is 5.69 Å². The van der Waals surface area contributed by atoms with Gasteiger partial charge in [0.05, 0.1) is 11.0 Å². The van der Waals surface area contributed by atoms with Gasteiger partial charge < -0.3 is 0 Å². The van der Waals surface area contributed by atoms with Crippen LogP contribution in [0.1, 0.15) is 36.5 Å². The van der Waals surface area contributed by atoms with E-state index in [9.17, 15) is 14.9 Å². The monoisotopic (exact) mass is 276 g/mol. The van der Waals surface area contributed by atoms with Gasteiger partial charge in [0.25, 0.3) is 11.6 Å². The molecule has 0 radical (unpaired) electrons. The molecule has 20 heavy (non-hydrogen) atoms. The molecule has 7 heteroatoms. The first-order valence-corrected chi connectivity index (χ1v) is 6.28. The molecule has 0 aromatic heterocycles. The lowest BCUT2D eigenvalue weighted by atomic mass is 10.1. The number of nitro groups is 1. The van der Waals surface area contributed by atoms with E-state index in [1.54, 1.807) is 0 Å². The van der Waals surface area contributed by atoms with Crippen LogP contribution in [-0.4, -0.2) is 16.9 Å². The summed E-state index contributed by atoms with van der Waals surface area (Å²) in [6.07, 6.45) is 2.50. The van der Waals surface area contributed by atoms with Crippen molar-refractivity contribution in [3.05, 3.63) is 39.9 Å². The maximum Gasteiger partial charge on any atom is 0.269 e. The number of unbranched alkanes of at least 4 members (excludes halogenated alkanes) is 1. The molecular weight excluding hydrogens is 260 g/mol. The molecule has 7 nitrogen and oxygen atoms in total. The Kier molecular flexibility index (Phi) is 6.13. The van der Waals surface area contributed by atoms with Crippen LogP contribution in [-0.2, 0) is 0 Å². The van der Waals surface area contributed by atoms with E-state index in [0.29, 0.717) is 6.42 Å². The van der Waals surface area contributed by atoms with E-state index in [0.717, 1.165) is 12.8 Å². The second-order valence-corrected chi connectivity index (χ2v) is 4.23. The topological polar surface area (TPSA) is 108 Å². The van der Waals surface area contributed by atoms with Gasteiger partial charge >= 0.3 is 0 Å². The molecule has 1 aromatic rings. The molecule has 0 aliphatic carbocycles. The molecule has 1 atom stereocenters. The summed E-state index contributed by atoms with van der Waals surface area (Å²) in [5, 5.41) is 19.4. The molecule has 2 N–H and O–H groups in total. The number of benzene rings is 1. The van der Waals surface area contributed by atoms with E-state index in [1.807, 2.05) is 6.92 Å². The van der Waals surface area contributed by atoms with Crippen LogP contribution in [0.5, 0.6) is 0 Å².